The first-order valence-electron chi connectivity index (χ1n) is 7.67. The molecule has 1 heterocycles. The van der Waals surface area contributed by atoms with Crippen molar-refractivity contribution >= 4 is 11.8 Å². The molecule has 0 aromatic heterocycles. The normalized spacial score (nSPS) is 15.8. The summed E-state index contributed by atoms with van der Waals surface area (Å²) in [4.78, 5) is 24.6. The molecule has 0 spiro atoms. The lowest BCUT2D eigenvalue weighted by atomic mass is 9.96. The van der Waals surface area contributed by atoms with Crippen LogP contribution in [-0.2, 0) is 4.79 Å². The number of alkyl halides is 3. The molecule has 2 amide bonds. The maximum absolute atomic E-state index is 12.7. The van der Waals surface area contributed by atoms with E-state index < -0.39 is 18.0 Å². The van der Waals surface area contributed by atoms with E-state index in [0.717, 1.165) is 0 Å². The number of hydrogen-bond donors (Lipinski definition) is 1. The molecule has 6 nitrogen and oxygen atoms in total. The van der Waals surface area contributed by atoms with Crippen molar-refractivity contribution in [2.45, 2.75) is 19.0 Å². The Labute approximate surface area is 142 Å². The molecule has 138 valence electrons. The molecule has 0 bridgehead atoms. The fourth-order valence-corrected chi connectivity index (χ4v) is 2.66. The second-order valence-corrected chi connectivity index (χ2v) is 5.73. The van der Waals surface area contributed by atoms with Crippen molar-refractivity contribution in [1.29, 1.82) is 0 Å². The highest BCUT2D eigenvalue weighted by Gasteiger charge is 2.41. The molecule has 1 fully saturated rings. The van der Waals surface area contributed by atoms with Gasteiger partial charge < -0.3 is 20.1 Å². The smallest absolute Gasteiger partial charge is 0.391 e. The van der Waals surface area contributed by atoms with Crippen LogP contribution < -0.4 is 15.2 Å². The van der Waals surface area contributed by atoms with Gasteiger partial charge in [-0.05, 0) is 31.0 Å². The van der Waals surface area contributed by atoms with E-state index in [-0.39, 0.29) is 55.5 Å². The highest BCUT2D eigenvalue weighted by atomic mass is 19.4. The van der Waals surface area contributed by atoms with Crippen molar-refractivity contribution in [2.24, 2.45) is 11.7 Å². The molecule has 2 N–H and O–H groups in total. The van der Waals surface area contributed by atoms with Gasteiger partial charge in [-0.15, -0.1) is 0 Å². The Bertz CT molecular complexity index is 641. The molecule has 0 saturated carbocycles. The Balaban J connectivity index is 2.06. The zero-order chi connectivity index (χ0) is 18.6. The number of carbonyl (C=O) groups excluding carboxylic acids is 2. The molecule has 2 rings (SSSR count). The predicted octanol–water partition coefficient (Wildman–Crippen LogP) is 1.97. The summed E-state index contributed by atoms with van der Waals surface area (Å²) in [6, 6.07) is 4.35. The third-order valence-corrected chi connectivity index (χ3v) is 4.03. The lowest BCUT2D eigenvalue weighted by Gasteiger charge is -2.33. The Kier molecular flexibility index (Phi) is 5.76. The molecule has 25 heavy (non-hydrogen) atoms. The molecule has 0 unspecified atom stereocenters. The van der Waals surface area contributed by atoms with Crippen molar-refractivity contribution in [3.05, 3.63) is 23.8 Å². The highest BCUT2D eigenvalue weighted by Crippen LogP contribution is 2.35. The van der Waals surface area contributed by atoms with E-state index >= 15 is 0 Å². The molecular formula is C16H19F3N2O4. The van der Waals surface area contributed by atoms with Crippen molar-refractivity contribution in [2.75, 3.05) is 26.8 Å². The van der Waals surface area contributed by atoms with E-state index in [0.29, 0.717) is 0 Å². The highest BCUT2D eigenvalue weighted by molar-refractivity contribution is 5.95. The van der Waals surface area contributed by atoms with Gasteiger partial charge in [0.15, 0.2) is 18.1 Å². The predicted molar refractivity (Wildman–Crippen MR) is 82.4 cm³/mol. The van der Waals surface area contributed by atoms with E-state index in [1.807, 2.05) is 0 Å². The Morgan fingerprint density at radius 2 is 1.88 bits per heavy atom. The third-order valence-electron chi connectivity index (χ3n) is 4.03. The average molecular weight is 360 g/mol. The molecule has 0 radical (unpaired) electrons. The zero-order valence-electron chi connectivity index (χ0n) is 13.6. The number of benzene rings is 1. The molecule has 9 heteroatoms. The Morgan fingerprint density at radius 3 is 2.40 bits per heavy atom. The molecule has 0 aliphatic carbocycles. The standard InChI is InChI=1S/C16H19F3N2O4/c1-24-13-8-10(2-3-12(13)25-9-14(20)22)15(23)21-6-4-11(5-7-21)16(17,18)19/h2-3,8,11H,4-7,9H2,1H3,(H2,20,22). The number of amides is 2. The summed E-state index contributed by atoms with van der Waals surface area (Å²) in [7, 11) is 1.37. The van der Waals surface area contributed by atoms with Crippen molar-refractivity contribution in [1.82, 2.24) is 4.90 Å². The number of likely N-dealkylation sites (tertiary alicyclic amines) is 1. The Morgan fingerprint density at radius 1 is 1.24 bits per heavy atom. The molecule has 1 aromatic carbocycles. The number of rotatable bonds is 5. The van der Waals surface area contributed by atoms with Gasteiger partial charge in [0.2, 0.25) is 0 Å². The number of ether oxygens (including phenoxy) is 2. The van der Waals surface area contributed by atoms with Gasteiger partial charge in [-0.25, -0.2) is 0 Å². The molecular weight excluding hydrogens is 341 g/mol. The van der Waals surface area contributed by atoms with Crippen LogP contribution in [0.5, 0.6) is 11.5 Å². The van der Waals surface area contributed by atoms with Crippen LogP contribution in [-0.4, -0.2) is 49.7 Å². The number of halogens is 3. The minimum Gasteiger partial charge on any atom is -0.493 e. The lowest BCUT2D eigenvalue weighted by Crippen LogP contribution is -2.42. The van der Waals surface area contributed by atoms with Crippen LogP contribution in [0.4, 0.5) is 13.2 Å². The van der Waals surface area contributed by atoms with Crippen LogP contribution in [0.3, 0.4) is 0 Å². The summed E-state index contributed by atoms with van der Waals surface area (Å²) in [5.41, 5.74) is 5.28. The van der Waals surface area contributed by atoms with Gasteiger partial charge in [0, 0.05) is 18.7 Å². The van der Waals surface area contributed by atoms with Crippen molar-refractivity contribution in [3.8, 4) is 11.5 Å². The summed E-state index contributed by atoms with van der Waals surface area (Å²) < 4.78 is 48.4. The van der Waals surface area contributed by atoms with Crippen LogP contribution >= 0.6 is 0 Å². The number of nitrogens with two attached hydrogens (primary N) is 1. The summed E-state index contributed by atoms with van der Waals surface area (Å²) >= 11 is 0. The first-order chi connectivity index (χ1) is 11.7. The second-order valence-electron chi connectivity index (χ2n) is 5.73. The van der Waals surface area contributed by atoms with E-state index in [1.54, 1.807) is 0 Å². The lowest BCUT2D eigenvalue weighted by molar-refractivity contribution is -0.183. The minimum atomic E-state index is -4.22. The second kappa shape index (κ2) is 7.62. The van der Waals surface area contributed by atoms with Gasteiger partial charge in [0.05, 0.1) is 13.0 Å². The van der Waals surface area contributed by atoms with Crippen LogP contribution in [0.1, 0.15) is 23.2 Å². The molecule has 0 atom stereocenters. The van der Waals surface area contributed by atoms with Gasteiger partial charge in [-0.1, -0.05) is 0 Å². The SMILES string of the molecule is COc1cc(C(=O)N2CCC(C(F)(F)F)CC2)ccc1OCC(N)=O. The Hall–Kier alpha value is -2.45. The van der Waals surface area contributed by atoms with Crippen LogP contribution in [0.2, 0.25) is 0 Å². The quantitative estimate of drug-likeness (QED) is 0.870. The van der Waals surface area contributed by atoms with E-state index in [1.165, 1.54) is 30.2 Å². The number of carbonyl (C=O) groups is 2. The van der Waals surface area contributed by atoms with Gasteiger partial charge >= 0.3 is 6.18 Å². The van der Waals surface area contributed by atoms with Gasteiger partial charge in [-0.3, -0.25) is 9.59 Å². The third kappa shape index (κ3) is 4.77. The summed E-state index contributed by atoms with van der Waals surface area (Å²) in [5.74, 6) is -1.92. The summed E-state index contributed by atoms with van der Waals surface area (Å²) in [6.07, 6.45) is -4.43. The van der Waals surface area contributed by atoms with Crippen molar-refractivity contribution in [3.63, 3.8) is 0 Å². The molecule has 1 aliphatic rings. The summed E-state index contributed by atoms with van der Waals surface area (Å²) in [5, 5.41) is 0. The monoisotopic (exact) mass is 360 g/mol. The first-order valence-corrected chi connectivity index (χ1v) is 7.67. The topological polar surface area (TPSA) is 81.9 Å². The average Bonchev–Trinajstić information content (AvgIpc) is 2.58. The van der Waals surface area contributed by atoms with Crippen LogP contribution in [0.15, 0.2) is 18.2 Å². The van der Waals surface area contributed by atoms with Gasteiger partial charge in [-0.2, -0.15) is 13.2 Å². The molecule has 1 aromatic rings. The van der Waals surface area contributed by atoms with Crippen molar-refractivity contribution < 1.29 is 32.2 Å². The van der Waals surface area contributed by atoms with Gasteiger partial charge in [0.25, 0.3) is 11.8 Å². The number of primary amides is 1. The van der Waals surface area contributed by atoms with E-state index in [4.69, 9.17) is 15.2 Å². The number of methoxy groups -OCH3 is 1. The minimum absolute atomic E-state index is 0.0469. The summed E-state index contributed by atoms with van der Waals surface area (Å²) in [6.45, 7) is -0.245. The largest absolute Gasteiger partial charge is 0.493 e. The number of piperidine rings is 1. The maximum atomic E-state index is 12.7. The number of nitrogens with zero attached hydrogens (tertiary/aromatic N) is 1. The fraction of sp³-hybridized carbons (Fsp3) is 0.500. The van der Waals surface area contributed by atoms with Crippen LogP contribution in [0, 0.1) is 5.92 Å². The van der Waals surface area contributed by atoms with E-state index in [2.05, 4.69) is 0 Å². The van der Waals surface area contributed by atoms with E-state index in [9.17, 15) is 22.8 Å². The maximum Gasteiger partial charge on any atom is 0.391 e. The zero-order valence-corrected chi connectivity index (χ0v) is 13.6. The number of hydrogen-bond acceptors (Lipinski definition) is 4. The molecule has 1 saturated heterocycles. The van der Waals surface area contributed by atoms with Gasteiger partial charge in [0.1, 0.15) is 0 Å². The van der Waals surface area contributed by atoms with Crippen LogP contribution in [0.25, 0.3) is 0 Å². The molecule has 1 aliphatic heterocycles. The first kappa shape index (κ1) is 18.9. The fourth-order valence-electron chi connectivity index (χ4n) is 2.66.